The summed E-state index contributed by atoms with van der Waals surface area (Å²) in [5.41, 5.74) is 0. The largest absolute Gasteiger partial charge is 0.312 e. The average molecular weight is 320 g/mol. The molecule has 2 fully saturated rings. The van der Waals surface area contributed by atoms with Crippen molar-refractivity contribution in [1.29, 1.82) is 0 Å². The van der Waals surface area contributed by atoms with Gasteiger partial charge in [-0.25, -0.2) is 0 Å². The molecule has 0 aromatic rings. The van der Waals surface area contributed by atoms with Gasteiger partial charge < -0.3 is 10.2 Å². The van der Waals surface area contributed by atoms with E-state index >= 15 is 0 Å². The van der Waals surface area contributed by atoms with Gasteiger partial charge >= 0.3 is 0 Å². The van der Waals surface area contributed by atoms with E-state index in [0.717, 1.165) is 18.5 Å². The van der Waals surface area contributed by atoms with E-state index in [9.17, 15) is 0 Å². The van der Waals surface area contributed by atoms with Crippen molar-refractivity contribution in [1.82, 2.24) is 15.1 Å². The number of nitrogens with zero attached hydrogens (tertiary/aromatic N) is 2. The lowest BCUT2D eigenvalue weighted by atomic mass is 9.94. The van der Waals surface area contributed by atoms with E-state index in [-0.39, 0.29) is 0 Å². The van der Waals surface area contributed by atoms with Gasteiger partial charge in [-0.3, -0.25) is 4.90 Å². The zero-order valence-electron chi connectivity index (χ0n) is 15.8. The van der Waals surface area contributed by atoms with Gasteiger partial charge in [0.25, 0.3) is 0 Å². The summed E-state index contributed by atoms with van der Waals surface area (Å²) in [6.45, 7) is 16.2. The van der Waals surface area contributed by atoms with E-state index in [1.54, 1.807) is 0 Å². The van der Waals surface area contributed by atoms with Crippen LogP contribution in [-0.4, -0.2) is 61.2 Å². The Morgan fingerprint density at radius 3 is 2.09 bits per heavy atom. The summed E-state index contributed by atoms with van der Waals surface area (Å²) >= 11 is 0. The van der Waals surface area contributed by atoms with Gasteiger partial charge in [0.2, 0.25) is 0 Å². The molecule has 0 bridgehead atoms. The van der Waals surface area contributed by atoms with Crippen molar-refractivity contribution < 1.29 is 0 Å². The summed E-state index contributed by atoms with van der Waals surface area (Å²) in [5, 5.41) is 3.69. The molecule has 2 aliphatic heterocycles. The van der Waals surface area contributed by atoms with Gasteiger partial charge in [0, 0.05) is 24.5 Å². The predicted molar refractivity (Wildman–Crippen MR) is 99.5 cm³/mol. The minimum absolute atomic E-state index is 0.501. The van der Waals surface area contributed by atoms with Crippen LogP contribution in [0.25, 0.3) is 0 Å². The molecule has 2 heterocycles. The van der Waals surface area contributed by atoms with Crippen LogP contribution in [-0.2, 0) is 0 Å². The molecule has 0 aromatic carbocycles. The highest BCUT2D eigenvalue weighted by Gasteiger charge is 2.24. The molecule has 0 spiro atoms. The summed E-state index contributed by atoms with van der Waals surface area (Å²) in [6.07, 6.45) is 5.35. The standard InChI is InChI=1S/C20H37N3/c1-17(2)6-5-11-22-12-7-19(8-13-22)16-23-14-9-20(10-15-23)21-18(3)4/h17-21H,7-16H2,1-4H3. The van der Waals surface area contributed by atoms with Crippen LogP contribution in [0.15, 0.2) is 0 Å². The van der Waals surface area contributed by atoms with Crippen LogP contribution >= 0.6 is 0 Å². The molecule has 2 saturated heterocycles. The molecule has 0 radical (unpaired) electrons. The lowest BCUT2D eigenvalue weighted by molar-refractivity contribution is 0.128. The van der Waals surface area contributed by atoms with Crippen molar-refractivity contribution in [3.63, 3.8) is 0 Å². The first-order chi connectivity index (χ1) is 11.0. The summed E-state index contributed by atoms with van der Waals surface area (Å²) < 4.78 is 0. The SMILES string of the molecule is CC(C)C#CCN1CCC(CN2CCC(NC(C)C)CC2)CC1. The third kappa shape index (κ3) is 7.25. The van der Waals surface area contributed by atoms with E-state index in [4.69, 9.17) is 0 Å². The van der Waals surface area contributed by atoms with Crippen molar-refractivity contribution in [2.45, 2.75) is 65.5 Å². The second-order valence-electron chi connectivity index (χ2n) is 8.09. The Labute approximate surface area is 144 Å². The molecule has 3 heteroatoms. The maximum absolute atomic E-state index is 3.69. The molecular formula is C20H37N3. The second-order valence-corrected chi connectivity index (χ2v) is 8.09. The topological polar surface area (TPSA) is 18.5 Å². The number of nitrogens with one attached hydrogen (secondary N) is 1. The number of rotatable bonds is 5. The minimum Gasteiger partial charge on any atom is -0.312 e. The van der Waals surface area contributed by atoms with Crippen LogP contribution in [0.3, 0.4) is 0 Å². The maximum atomic E-state index is 3.69. The predicted octanol–water partition coefficient (Wildman–Crippen LogP) is 2.82. The monoisotopic (exact) mass is 319 g/mol. The summed E-state index contributed by atoms with van der Waals surface area (Å²) in [7, 11) is 0. The fourth-order valence-electron chi connectivity index (χ4n) is 3.81. The van der Waals surface area contributed by atoms with Gasteiger partial charge in [-0.1, -0.05) is 39.5 Å². The van der Waals surface area contributed by atoms with Gasteiger partial charge in [-0.15, -0.1) is 0 Å². The third-order valence-corrected chi connectivity index (χ3v) is 5.07. The normalized spacial score (nSPS) is 22.5. The van der Waals surface area contributed by atoms with Crippen LogP contribution in [0.4, 0.5) is 0 Å². The van der Waals surface area contributed by atoms with E-state index in [2.05, 4.69) is 54.7 Å². The van der Waals surface area contributed by atoms with Crippen LogP contribution in [0.1, 0.15) is 53.4 Å². The lowest BCUT2D eigenvalue weighted by Gasteiger charge is -2.38. The number of piperidine rings is 2. The summed E-state index contributed by atoms with van der Waals surface area (Å²) in [5.74, 6) is 8.01. The molecule has 23 heavy (non-hydrogen) atoms. The highest BCUT2D eigenvalue weighted by molar-refractivity contribution is 5.03. The fraction of sp³-hybridized carbons (Fsp3) is 0.900. The quantitative estimate of drug-likeness (QED) is 0.786. The van der Waals surface area contributed by atoms with Gasteiger partial charge in [-0.05, 0) is 57.8 Å². The lowest BCUT2D eigenvalue weighted by Crippen LogP contribution is -2.47. The molecular weight excluding hydrogens is 282 g/mol. The number of hydrogen-bond donors (Lipinski definition) is 1. The van der Waals surface area contributed by atoms with E-state index in [1.165, 1.54) is 58.4 Å². The molecule has 1 N–H and O–H groups in total. The van der Waals surface area contributed by atoms with Crippen molar-refractivity contribution >= 4 is 0 Å². The molecule has 2 rings (SSSR count). The molecule has 0 saturated carbocycles. The zero-order valence-corrected chi connectivity index (χ0v) is 15.8. The Hall–Kier alpha value is -0.560. The van der Waals surface area contributed by atoms with Crippen LogP contribution in [0.2, 0.25) is 0 Å². The Morgan fingerprint density at radius 2 is 1.52 bits per heavy atom. The molecule has 0 aliphatic carbocycles. The first kappa shape index (κ1) is 18.8. The molecule has 0 amide bonds. The summed E-state index contributed by atoms with van der Waals surface area (Å²) in [4.78, 5) is 5.24. The maximum Gasteiger partial charge on any atom is 0.0601 e. The molecule has 132 valence electrons. The molecule has 0 unspecified atom stereocenters. The third-order valence-electron chi connectivity index (χ3n) is 5.07. The van der Waals surface area contributed by atoms with Crippen LogP contribution < -0.4 is 5.32 Å². The van der Waals surface area contributed by atoms with Crippen molar-refractivity contribution in [2.75, 3.05) is 39.3 Å². The minimum atomic E-state index is 0.501. The molecule has 2 aliphatic rings. The zero-order chi connectivity index (χ0) is 16.7. The fourth-order valence-corrected chi connectivity index (χ4v) is 3.81. The Bertz CT molecular complexity index is 377. The first-order valence-corrected chi connectivity index (χ1v) is 9.72. The van der Waals surface area contributed by atoms with E-state index < -0.39 is 0 Å². The number of likely N-dealkylation sites (tertiary alicyclic amines) is 2. The van der Waals surface area contributed by atoms with Gasteiger partial charge in [0.15, 0.2) is 0 Å². The smallest absolute Gasteiger partial charge is 0.0601 e. The van der Waals surface area contributed by atoms with E-state index in [0.29, 0.717) is 12.0 Å². The molecule has 3 nitrogen and oxygen atoms in total. The number of hydrogen-bond acceptors (Lipinski definition) is 3. The second kappa shape index (κ2) is 9.67. The highest BCUT2D eigenvalue weighted by Crippen LogP contribution is 2.20. The van der Waals surface area contributed by atoms with Gasteiger partial charge in [0.05, 0.1) is 6.54 Å². The Balaban J connectivity index is 1.61. The summed E-state index contributed by atoms with van der Waals surface area (Å²) in [6, 6.07) is 1.36. The van der Waals surface area contributed by atoms with Crippen LogP contribution in [0, 0.1) is 23.7 Å². The molecule has 0 aromatic heterocycles. The average Bonchev–Trinajstić information content (AvgIpc) is 2.50. The van der Waals surface area contributed by atoms with Crippen molar-refractivity contribution in [3.05, 3.63) is 0 Å². The van der Waals surface area contributed by atoms with E-state index in [1.807, 2.05) is 0 Å². The van der Waals surface area contributed by atoms with Crippen LogP contribution in [0.5, 0.6) is 0 Å². The Morgan fingerprint density at radius 1 is 0.913 bits per heavy atom. The molecule has 0 atom stereocenters. The van der Waals surface area contributed by atoms with Crippen molar-refractivity contribution in [3.8, 4) is 11.8 Å². The first-order valence-electron chi connectivity index (χ1n) is 9.72. The van der Waals surface area contributed by atoms with Gasteiger partial charge in [0.1, 0.15) is 0 Å². The van der Waals surface area contributed by atoms with Crippen molar-refractivity contribution in [2.24, 2.45) is 11.8 Å². The van der Waals surface area contributed by atoms with Gasteiger partial charge in [-0.2, -0.15) is 0 Å². The highest BCUT2D eigenvalue weighted by atomic mass is 15.2. The Kier molecular flexibility index (Phi) is 7.89.